The second-order valence-electron chi connectivity index (χ2n) is 13.4. The maximum absolute atomic E-state index is 5.59. The Kier molecular flexibility index (Phi) is 11.4. The molecule has 0 amide bonds. The van der Waals surface area contributed by atoms with Gasteiger partial charge in [-0.05, 0) is 62.9 Å². The number of benzene rings is 6. The minimum absolute atomic E-state index is 0.00349. The van der Waals surface area contributed by atoms with Crippen molar-refractivity contribution in [2.45, 2.75) is 29.3 Å². The number of nitrogens with zero attached hydrogens (tertiary/aromatic N) is 2. The van der Waals surface area contributed by atoms with Crippen molar-refractivity contribution in [2.75, 3.05) is 6.16 Å². The fraction of sp³-hybridized carbons (Fsp3) is 0.133. The zero-order valence-electron chi connectivity index (χ0n) is 28.4. The van der Waals surface area contributed by atoms with E-state index in [0.717, 1.165) is 6.16 Å². The molecule has 5 atom stereocenters. The van der Waals surface area contributed by atoms with Crippen molar-refractivity contribution in [1.82, 2.24) is 0 Å². The quantitative estimate of drug-likeness (QED) is 0.0787. The number of aliphatic imine (C=N–C) groups is 2. The molecule has 0 bridgehead atoms. The number of fused-ring (bicyclic) bond motifs is 4. The summed E-state index contributed by atoms with van der Waals surface area (Å²) in [4.78, 5) is 11.1. The van der Waals surface area contributed by atoms with Crippen LogP contribution in [0.3, 0.4) is 0 Å². The fourth-order valence-corrected chi connectivity index (χ4v) is 13.4. The first-order valence-electron chi connectivity index (χ1n) is 17.6. The molecule has 3 aliphatic carbocycles. The Hall–Kier alpha value is -3.16. The second-order valence-corrected chi connectivity index (χ2v) is 23.2. The van der Waals surface area contributed by atoms with E-state index in [1.165, 1.54) is 54.4 Å². The normalized spacial score (nSPS) is 22.2. The van der Waals surface area contributed by atoms with Crippen LogP contribution in [0.15, 0.2) is 180 Å². The van der Waals surface area contributed by atoms with Crippen molar-refractivity contribution in [3.63, 3.8) is 0 Å². The van der Waals surface area contributed by atoms with Crippen molar-refractivity contribution in [1.29, 1.82) is 0 Å². The zero-order valence-corrected chi connectivity index (χ0v) is 34.5. The van der Waals surface area contributed by atoms with Gasteiger partial charge in [0.15, 0.2) is 0 Å². The monoisotopic (exact) mass is 885 g/mol. The third kappa shape index (κ3) is 6.52. The number of hydrogen-bond donors (Lipinski definition) is 0. The topological polar surface area (TPSA) is 24.7 Å². The average molecular weight is 888 g/mol. The van der Waals surface area contributed by atoms with Crippen LogP contribution < -0.4 is 21.2 Å². The van der Waals surface area contributed by atoms with Crippen molar-refractivity contribution in [3.05, 3.63) is 192 Å². The summed E-state index contributed by atoms with van der Waals surface area (Å²) in [6, 6.07) is 62.4. The molecule has 1 spiro atoms. The molecule has 0 radical (unpaired) electrons. The van der Waals surface area contributed by atoms with Gasteiger partial charge in [-0.15, -0.1) is 0 Å². The summed E-state index contributed by atoms with van der Waals surface area (Å²) in [5.74, 6) is 3.05. The van der Waals surface area contributed by atoms with Crippen molar-refractivity contribution in [3.8, 4) is 0 Å². The van der Waals surface area contributed by atoms with Crippen molar-refractivity contribution >= 4 is 83.4 Å². The number of halogens is 2. The van der Waals surface area contributed by atoms with Crippen molar-refractivity contribution < 1.29 is 10.9 Å². The average Bonchev–Trinajstić information content (AvgIpc) is 3.40. The van der Waals surface area contributed by atoms with Gasteiger partial charge in [-0.25, -0.2) is 0 Å². The van der Waals surface area contributed by atoms with E-state index in [1.807, 2.05) is 0 Å². The Morgan fingerprint density at radius 2 is 0.962 bits per heavy atom. The molecule has 0 heterocycles. The van der Waals surface area contributed by atoms with Gasteiger partial charge in [-0.3, -0.25) is 9.98 Å². The molecule has 0 aromatic heterocycles. The Morgan fingerprint density at radius 3 is 1.44 bits per heavy atom. The van der Waals surface area contributed by atoms with Gasteiger partial charge in [-0.2, -0.15) is 0 Å². The van der Waals surface area contributed by atoms with E-state index in [9.17, 15) is 0 Å². The molecule has 6 aromatic carbocycles. The van der Waals surface area contributed by atoms with Gasteiger partial charge in [0.1, 0.15) is 6.16 Å². The van der Waals surface area contributed by atoms with Crippen LogP contribution in [0.25, 0.3) is 0 Å². The third-order valence-electron chi connectivity index (χ3n) is 11.0. The molecule has 6 aromatic rings. The van der Waals surface area contributed by atoms with E-state index in [4.69, 9.17) is 9.98 Å². The summed E-state index contributed by atoms with van der Waals surface area (Å²) in [7, 11) is -0.919. The predicted molar refractivity (Wildman–Crippen MR) is 233 cm³/mol. The van der Waals surface area contributed by atoms with Crippen LogP contribution in [-0.2, 0) is 16.3 Å². The SMILES string of the molecule is C(C=[PH](c1ccccc1)c1ccccc1)=N[C@@H]1C2c3ccccc3C23c2ccccc2C3[C@H]1N=CC[PH+](c1ccccc1)c1ccccc1.[Br][Ni][Br]. The molecule has 1 fully saturated rings. The van der Waals surface area contributed by atoms with E-state index in [2.05, 4.69) is 217 Å². The van der Waals surface area contributed by atoms with Gasteiger partial charge in [0.25, 0.3) is 0 Å². The molecule has 262 valence electrons. The molecular weight excluding hydrogens is 849 g/mol. The Labute approximate surface area is 329 Å². The van der Waals surface area contributed by atoms with Gasteiger partial charge in [0, 0.05) is 29.7 Å². The minimum atomic E-state index is -1.14. The van der Waals surface area contributed by atoms with Gasteiger partial charge < -0.3 is 0 Å². The molecule has 0 N–H and O–H groups in total. The van der Waals surface area contributed by atoms with E-state index >= 15 is 0 Å². The summed E-state index contributed by atoms with van der Waals surface area (Å²) in [6.45, 7) is 0. The van der Waals surface area contributed by atoms with E-state index in [0.29, 0.717) is 11.8 Å². The molecular formula is C45H39Br2N2NiP2+. The van der Waals surface area contributed by atoms with E-state index in [-0.39, 0.29) is 17.5 Å². The summed E-state index contributed by atoms with van der Waals surface area (Å²) >= 11 is 6.00. The van der Waals surface area contributed by atoms with Gasteiger partial charge in [0.2, 0.25) is 0 Å². The first kappa shape index (κ1) is 35.9. The van der Waals surface area contributed by atoms with Gasteiger partial charge in [-0.1, -0.05) is 153 Å². The Balaban J connectivity index is 0.00000125. The molecule has 9 rings (SSSR count). The standard InChI is InChI=1S/C45H38N2P2.2BrH.Ni/c1-5-17-33(18-6-1)48(34-19-7-2-8-20-34)31-29-46-43-41-37-25-13-15-27-39(37)45(41)40-28-16-14-26-38(40)42(45)44(43)47-30-32-49(35-21-9-3-10-22-35)36-23-11-4-12-24-36;;;/h1-31,41-44,48H,32H2;2*1H;/q;;;+2/p-1/t41?,42?,43-,44-,45?;;;/m1.../s1. The van der Waals surface area contributed by atoms with Crippen LogP contribution in [0, 0.1) is 0 Å². The third-order valence-corrected chi connectivity index (χ3v) is 16.0. The molecule has 0 saturated heterocycles. The summed E-state index contributed by atoms with van der Waals surface area (Å²) in [5.41, 5.74) is 5.89. The molecule has 7 heteroatoms. The molecule has 0 aliphatic heterocycles. The maximum atomic E-state index is 5.59. The van der Waals surface area contributed by atoms with Crippen LogP contribution in [0.4, 0.5) is 0 Å². The number of hydrogen-bond acceptors (Lipinski definition) is 2. The fourth-order valence-electron chi connectivity index (χ4n) is 9.04. The number of rotatable bonds is 9. The molecule has 52 heavy (non-hydrogen) atoms. The Morgan fingerprint density at radius 1 is 0.558 bits per heavy atom. The molecule has 1 saturated carbocycles. The molecule has 2 nitrogen and oxygen atoms in total. The van der Waals surface area contributed by atoms with Crippen molar-refractivity contribution in [2.24, 2.45) is 9.98 Å². The van der Waals surface area contributed by atoms with Crippen LogP contribution >= 0.6 is 43.9 Å². The molecule has 3 aliphatic rings. The summed E-state index contributed by atoms with van der Waals surface area (Å²) in [5, 5.41) is 5.60. The van der Waals surface area contributed by atoms with Crippen LogP contribution in [0.1, 0.15) is 34.1 Å². The Bertz CT molecular complexity index is 2140. The van der Waals surface area contributed by atoms with Crippen LogP contribution in [0.2, 0.25) is 0 Å². The van der Waals surface area contributed by atoms with E-state index < -0.39 is 15.5 Å². The summed E-state index contributed by atoms with van der Waals surface area (Å²) < 4.78 is 0. The van der Waals surface area contributed by atoms with E-state index in [1.54, 1.807) is 0 Å². The zero-order chi connectivity index (χ0) is 35.3. The first-order valence-corrected chi connectivity index (χ1v) is 25.8. The van der Waals surface area contributed by atoms with Crippen LogP contribution in [-0.4, -0.2) is 36.5 Å². The van der Waals surface area contributed by atoms with Gasteiger partial charge in [0.05, 0.1) is 30.6 Å². The first-order chi connectivity index (χ1) is 25.8. The van der Waals surface area contributed by atoms with Crippen LogP contribution in [0.5, 0.6) is 0 Å². The predicted octanol–water partition coefficient (Wildman–Crippen LogP) is 9.28. The molecule has 3 unspecified atom stereocenters. The second kappa shape index (κ2) is 16.5. The summed E-state index contributed by atoms with van der Waals surface area (Å²) in [6.07, 6.45) is 5.39. The van der Waals surface area contributed by atoms with Gasteiger partial charge >= 0.3 is 39.3 Å².